The van der Waals surface area contributed by atoms with Gasteiger partial charge in [0.2, 0.25) is 5.91 Å². The topological polar surface area (TPSA) is 69.2 Å². The molecule has 0 aromatic heterocycles. The third kappa shape index (κ3) is 7.73. The van der Waals surface area contributed by atoms with Crippen LogP contribution in [0.25, 0.3) is 0 Å². The molecule has 1 amide bonds. The second-order valence-electron chi connectivity index (χ2n) is 7.57. The Morgan fingerprint density at radius 1 is 1.15 bits per heavy atom. The molecule has 0 aromatic carbocycles. The Morgan fingerprint density at radius 2 is 1.81 bits per heavy atom. The lowest BCUT2D eigenvalue weighted by Crippen LogP contribution is -2.55. The molecule has 0 unspecified atom stereocenters. The Bertz CT molecular complexity index is 461. The number of piperazine rings is 1. The summed E-state index contributed by atoms with van der Waals surface area (Å²) in [6.07, 6.45) is 6.63. The molecule has 1 aliphatic carbocycles. The number of hydrogen-bond donors (Lipinski definition) is 2. The molecule has 0 spiro atoms. The lowest BCUT2D eigenvalue weighted by Gasteiger charge is -2.37. The molecular weight excluding hydrogens is 457 g/mol. The molecule has 1 saturated carbocycles. The van der Waals surface area contributed by atoms with Crippen LogP contribution in [0.1, 0.15) is 39.0 Å². The number of amides is 1. The van der Waals surface area contributed by atoms with Crippen LogP contribution in [0.2, 0.25) is 0 Å². The summed E-state index contributed by atoms with van der Waals surface area (Å²) in [5.74, 6) is 1.08. The van der Waals surface area contributed by atoms with Crippen molar-refractivity contribution in [3.63, 3.8) is 0 Å². The van der Waals surface area contributed by atoms with E-state index in [0.29, 0.717) is 25.1 Å². The predicted molar refractivity (Wildman–Crippen MR) is 121 cm³/mol. The predicted octanol–water partition coefficient (Wildman–Crippen LogP) is 1.53. The van der Waals surface area contributed by atoms with E-state index in [-0.39, 0.29) is 29.9 Å². The molecule has 2 N–H and O–H groups in total. The first-order valence-electron chi connectivity index (χ1n) is 10.1. The number of halogens is 1. The van der Waals surface area contributed by atoms with Crippen LogP contribution < -0.4 is 10.6 Å². The summed E-state index contributed by atoms with van der Waals surface area (Å²) in [7, 11) is 3.51. The highest BCUT2D eigenvalue weighted by molar-refractivity contribution is 14.0. The van der Waals surface area contributed by atoms with Gasteiger partial charge in [-0.25, -0.2) is 0 Å². The highest BCUT2D eigenvalue weighted by atomic mass is 127. The Labute approximate surface area is 181 Å². The van der Waals surface area contributed by atoms with E-state index in [1.54, 1.807) is 7.11 Å². The van der Waals surface area contributed by atoms with Crippen LogP contribution in [0.15, 0.2) is 4.99 Å². The smallest absolute Gasteiger partial charge is 0.234 e. The Morgan fingerprint density at radius 3 is 2.37 bits per heavy atom. The van der Waals surface area contributed by atoms with E-state index in [1.165, 1.54) is 32.1 Å². The van der Waals surface area contributed by atoms with Crippen molar-refractivity contribution >= 4 is 35.8 Å². The Balaban J connectivity index is 0.00000364. The van der Waals surface area contributed by atoms with Gasteiger partial charge in [0.1, 0.15) is 0 Å². The van der Waals surface area contributed by atoms with Crippen LogP contribution in [0, 0.1) is 5.41 Å². The molecule has 2 aliphatic rings. The van der Waals surface area contributed by atoms with E-state index in [1.807, 2.05) is 7.05 Å². The molecule has 1 heterocycles. The van der Waals surface area contributed by atoms with Gasteiger partial charge in [-0.15, -0.1) is 24.0 Å². The van der Waals surface area contributed by atoms with Gasteiger partial charge in [-0.3, -0.25) is 14.7 Å². The molecule has 7 nitrogen and oxygen atoms in total. The lowest BCUT2D eigenvalue weighted by atomic mass is 9.83. The van der Waals surface area contributed by atoms with Crippen LogP contribution in [0.3, 0.4) is 0 Å². The minimum absolute atomic E-state index is 0. The van der Waals surface area contributed by atoms with Gasteiger partial charge < -0.3 is 20.3 Å². The normalized spacial score (nSPS) is 20.3. The minimum atomic E-state index is 0. The van der Waals surface area contributed by atoms with Crippen LogP contribution >= 0.6 is 24.0 Å². The van der Waals surface area contributed by atoms with Crippen LogP contribution in [0.4, 0.5) is 0 Å². The third-order valence-corrected chi connectivity index (χ3v) is 5.91. The summed E-state index contributed by atoms with van der Waals surface area (Å²) in [5, 5.41) is 6.51. The van der Waals surface area contributed by atoms with Crippen molar-refractivity contribution in [2.24, 2.45) is 10.4 Å². The number of rotatable bonds is 8. The fraction of sp³-hybridized carbons (Fsp3) is 0.895. The first-order chi connectivity index (χ1) is 12.6. The van der Waals surface area contributed by atoms with Crippen LogP contribution in [0.5, 0.6) is 0 Å². The molecule has 0 aromatic rings. The fourth-order valence-electron chi connectivity index (χ4n) is 4.05. The molecule has 8 heteroatoms. The maximum absolute atomic E-state index is 11.9. The number of guanidine groups is 1. The molecule has 1 saturated heterocycles. The second-order valence-corrected chi connectivity index (χ2v) is 7.57. The summed E-state index contributed by atoms with van der Waals surface area (Å²) in [4.78, 5) is 20.9. The molecule has 0 radical (unpaired) electrons. The summed E-state index contributed by atoms with van der Waals surface area (Å²) in [6, 6.07) is 0. The maximum Gasteiger partial charge on any atom is 0.234 e. The molecule has 158 valence electrons. The van der Waals surface area contributed by atoms with Gasteiger partial charge in [0.15, 0.2) is 5.96 Å². The van der Waals surface area contributed by atoms with Gasteiger partial charge in [-0.05, 0) is 24.7 Å². The van der Waals surface area contributed by atoms with Gasteiger partial charge in [0.05, 0.1) is 13.2 Å². The average molecular weight is 495 g/mol. The zero-order valence-electron chi connectivity index (χ0n) is 17.3. The molecule has 2 rings (SSSR count). The highest BCUT2D eigenvalue weighted by Crippen LogP contribution is 2.40. The number of hydrogen-bond acceptors (Lipinski definition) is 4. The Kier molecular flexibility index (Phi) is 11.6. The first-order valence-corrected chi connectivity index (χ1v) is 10.1. The first kappa shape index (κ1) is 24.4. The van der Waals surface area contributed by atoms with Gasteiger partial charge >= 0.3 is 0 Å². The number of carbonyl (C=O) groups excluding carboxylic acids is 1. The van der Waals surface area contributed by atoms with E-state index in [4.69, 9.17) is 4.74 Å². The van der Waals surface area contributed by atoms with E-state index < -0.39 is 0 Å². The van der Waals surface area contributed by atoms with E-state index in [0.717, 1.165) is 38.7 Å². The monoisotopic (exact) mass is 495 g/mol. The van der Waals surface area contributed by atoms with Gasteiger partial charge in [-0.2, -0.15) is 0 Å². The number of carbonyl (C=O) groups is 1. The number of nitrogens with one attached hydrogen (secondary N) is 2. The van der Waals surface area contributed by atoms with Crippen molar-refractivity contribution in [1.82, 2.24) is 20.4 Å². The third-order valence-electron chi connectivity index (χ3n) is 5.91. The van der Waals surface area contributed by atoms with E-state index in [2.05, 4.69) is 32.3 Å². The summed E-state index contributed by atoms with van der Waals surface area (Å²) in [6.45, 7) is 8.52. The van der Waals surface area contributed by atoms with Crippen molar-refractivity contribution < 1.29 is 9.53 Å². The maximum atomic E-state index is 11.9. The van der Waals surface area contributed by atoms with Gasteiger partial charge in [0, 0.05) is 53.4 Å². The summed E-state index contributed by atoms with van der Waals surface area (Å²) < 4.78 is 4.95. The van der Waals surface area contributed by atoms with Gasteiger partial charge in [0.25, 0.3) is 0 Å². The minimum Gasteiger partial charge on any atom is -0.383 e. The Hall–Kier alpha value is -0.610. The summed E-state index contributed by atoms with van der Waals surface area (Å²) >= 11 is 0. The lowest BCUT2D eigenvalue weighted by molar-refractivity contribution is -0.122. The van der Waals surface area contributed by atoms with Crippen LogP contribution in [-0.2, 0) is 9.53 Å². The second kappa shape index (κ2) is 12.8. The van der Waals surface area contributed by atoms with Crippen LogP contribution in [-0.4, -0.2) is 88.2 Å². The molecule has 0 atom stereocenters. The van der Waals surface area contributed by atoms with E-state index in [9.17, 15) is 4.79 Å². The van der Waals surface area contributed by atoms with E-state index >= 15 is 0 Å². The number of ether oxygens (including phenoxy) is 1. The van der Waals surface area contributed by atoms with Gasteiger partial charge in [-0.1, -0.05) is 19.8 Å². The number of nitrogens with zero attached hydrogens (tertiary/aromatic N) is 3. The van der Waals surface area contributed by atoms with Crippen molar-refractivity contribution in [2.45, 2.75) is 39.0 Å². The fourth-order valence-corrected chi connectivity index (χ4v) is 4.05. The summed E-state index contributed by atoms with van der Waals surface area (Å²) in [5.41, 5.74) is 0.456. The molecule has 1 aliphatic heterocycles. The quantitative estimate of drug-likeness (QED) is 0.232. The average Bonchev–Trinajstić information content (AvgIpc) is 3.13. The van der Waals surface area contributed by atoms with Crippen molar-refractivity contribution in [1.29, 1.82) is 0 Å². The largest absolute Gasteiger partial charge is 0.383 e. The van der Waals surface area contributed by atoms with Crippen molar-refractivity contribution in [3.8, 4) is 0 Å². The molecule has 27 heavy (non-hydrogen) atoms. The van der Waals surface area contributed by atoms with Crippen molar-refractivity contribution in [2.75, 3.05) is 66.6 Å². The number of aliphatic imine (C=N–C) groups is 1. The zero-order chi connectivity index (χ0) is 18.8. The standard InChI is InChI=1S/C19H37N5O2.HI/c1-4-19(7-5-6-8-19)16-22-18(20-2)24-12-10-23(11-13-24)15-17(25)21-9-14-26-3;/h4-16H2,1-3H3,(H,20,22)(H,21,25);1H. The molecule has 2 fully saturated rings. The molecular formula is C19H38IN5O2. The SMILES string of the molecule is CCC1(CNC(=NC)N2CCN(CC(=O)NCCOC)CC2)CCCC1.I. The molecule has 0 bridgehead atoms. The van der Waals surface area contributed by atoms with Crippen molar-refractivity contribution in [3.05, 3.63) is 0 Å². The zero-order valence-corrected chi connectivity index (χ0v) is 19.6. The highest BCUT2D eigenvalue weighted by Gasteiger charge is 2.32. The number of methoxy groups -OCH3 is 1.